The van der Waals surface area contributed by atoms with Gasteiger partial charge in [0.2, 0.25) is 0 Å². The zero-order valence-corrected chi connectivity index (χ0v) is 14.3. The van der Waals surface area contributed by atoms with E-state index in [-0.39, 0.29) is 0 Å². The van der Waals surface area contributed by atoms with E-state index in [0.717, 1.165) is 34.9 Å². The monoisotopic (exact) mass is 344 g/mol. The highest BCUT2D eigenvalue weighted by molar-refractivity contribution is 7.80. The maximum atomic E-state index is 5.68. The van der Waals surface area contributed by atoms with Crippen molar-refractivity contribution in [3.8, 4) is 17.2 Å². The number of methoxy groups -OCH3 is 1. The van der Waals surface area contributed by atoms with Crippen LogP contribution in [0.25, 0.3) is 0 Å². The minimum Gasteiger partial charge on any atom is -0.497 e. The number of hydrogen-bond donors (Lipinski definition) is 2. The number of hydrogen-bond acceptors (Lipinski definition) is 4. The first-order valence-corrected chi connectivity index (χ1v) is 8.23. The predicted octanol–water partition coefficient (Wildman–Crippen LogP) is 3.34. The minimum atomic E-state index is 0.556. The van der Waals surface area contributed by atoms with Gasteiger partial charge in [-0.15, -0.1) is 0 Å². The molecule has 0 bridgehead atoms. The Kier molecular flexibility index (Phi) is 5.38. The molecule has 2 N–H and O–H groups in total. The van der Waals surface area contributed by atoms with E-state index in [4.69, 9.17) is 26.4 Å². The van der Waals surface area contributed by atoms with Crippen molar-refractivity contribution in [1.29, 1.82) is 0 Å². The standard InChI is InChI=1S/C18H20N2O3S/c1-21-15-6-3-13(4-7-15)12-19-18(24)20-14-5-8-16-17(11-14)23-10-2-9-22-16/h3-8,11H,2,9-10,12H2,1H3,(H2,19,20,24). The van der Waals surface area contributed by atoms with Gasteiger partial charge in [-0.2, -0.15) is 0 Å². The fourth-order valence-corrected chi connectivity index (χ4v) is 2.53. The molecule has 0 fully saturated rings. The summed E-state index contributed by atoms with van der Waals surface area (Å²) in [6.45, 7) is 1.98. The quantitative estimate of drug-likeness (QED) is 0.830. The molecule has 24 heavy (non-hydrogen) atoms. The van der Waals surface area contributed by atoms with Crippen LogP contribution in [0.3, 0.4) is 0 Å². The molecular weight excluding hydrogens is 324 g/mol. The first-order chi connectivity index (χ1) is 11.7. The van der Waals surface area contributed by atoms with Crippen molar-refractivity contribution >= 4 is 23.0 Å². The molecule has 0 amide bonds. The van der Waals surface area contributed by atoms with Crippen LogP contribution in [0.15, 0.2) is 42.5 Å². The van der Waals surface area contributed by atoms with Crippen LogP contribution in [0.2, 0.25) is 0 Å². The molecule has 0 saturated carbocycles. The van der Waals surface area contributed by atoms with Gasteiger partial charge in [0.05, 0.1) is 20.3 Å². The summed E-state index contributed by atoms with van der Waals surface area (Å²) in [7, 11) is 1.65. The summed E-state index contributed by atoms with van der Waals surface area (Å²) in [5.41, 5.74) is 1.99. The first kappa shape index (κ1) is 16.4. The first-order valence-electron chi connectivity index (χ1n) is 7.82. The summed E-state index contributed by atoms with van der Waals surface area (Å²) in [5, 5.41) is 6.91. The van der Waals surface area contributed by atoms with E-state index in [1.165, 1.54) is 0 Å². The van der Waals surface area contributed by atoms with Gasteiger partial charge < -0.3 is 24.8 Å². The van der Waals surface area contributed by atoms with Crippen molar-refractivity contribution in [2.45, 2.75) is 13.0 Å². The molecule has 2 aromatic rings. The van der Waals surface area contributed by atoms with Gasteiger partial charge in [-0.1, -0.05) is 12.1 Å². The summed E-state index contributed by atoms with van der Waals surface area (Å²) >= 11 is 5.35. The minimum absolute atomic E-state index is 0.556. The smallest absolute Gasteiger partial charge is 0.171 e. The molecule has 0 aliphatic carbocycles. The van der Waals surface area contributed by atoms with Gasteiger partial charge in [-0.25, -0.2) is 0 Å². The molecule has 1 aliphatic heterocycles. The van der Waals surface area contributed by atoms with Crippen molar-refractivity contribution in [3.63, 3.8) is 0 Å². The zero-order valence-electron chi connectivity index (χ0n) is 13.5. The molecular formula is C18H20N2O3S. The lowest BCUT2D eigenvalue weighted by Gasteiger charge is -2.13. The molecule has 1 aliphatic rings. The van der Waals surface area contributed by atoms with E-state index in [0.29, 0.717) is 24.9 Å². The van der Waals surface area contributed by atoms with Crippen LogP contribution in [-0.4, -0.2) is 25.4 Å². The molecule has 2 aromatic carbocycles. The Hall–Kier alpha value is -2.47. The molecule has 0 radical (unpaired) electrons. The van der Waals surface area contributed by atoms with E-state index in [1.807, 2.05) is 42.5 Å². The van der Waals surface area contributed by atoms with Gasteiger partial charge in [0.15, 0.2) is 16.6 Å². The lowest BCUT2D eigenvalue weighted by Crippen LogP contribution is -2.27. The third-order valence-corrected chi connectivity index (χ3v) is 3.86. The molecule has 5 nitrogen and oxygen atoms in total. The second-order valence-electron chi connectivity index (χ2n) is 5.37. The maximum absolute atomic E-state index is 5.68. The van der Waals surface area contributed by atoms with Gasteiger partial charge in [-0.3, -0.25) is 0 Å². The van der Waals surface area contributed by atoms with Gasteiger partial charge >= 0.3 is 0 Å². The number of ether oxygens (including phenoxy) is 3. The van der Waals surface area contributed by atoms with Gasteiger partial charge in [0.25, 0.3) is 0 Å². The van der Waals surface area contributed by atoms with Crippen LogP contribution >= 0.6 is 12.2 Å². The molecule has 6 heteroatoms. The Morgan fingerprint density at radius 1 is 1.08 bits per heavy atom. The fraction of sp³-hybridized carbons (Fsp3) is 0.278. The van der Waals surface area contributed by atoms with Crippen molar-refractivity contribution in [3.05, 3.63) is 48.0 Å². The number of anilines is 1. The van der Waals surface area contributed by atoms with Crippen LogP contribution in [0.4, 0.5) is 5.69 Å². The maximum Gasteiger partial charge on any atom is 0.171 e. The molecule has 0 unspecified atom stereocenters. The highest BCUT2D eigenvalue weighted by atomic mass is 32.1. The summed E-state index contributed by atoms with van der Waals surface area (Å²) in [6, 6.07) is 13.6. The van der Waals surface area contributed by atoms with Crippen molar-refractivity contribution in [2.24, 2.45) is 0 Å². The topological polar surface area (TPSA) is 51.8 Å². The van der Waals surface area contributed by atoms with Gasteiger partial charge in [-0.05, 0) is 42.0 Å². The Bertz CT molecular complexity index is 704. The average Bonchev–Trinajstić information content (AvgIpc) is 2.85. The Balaban J connectivity index is 1.55. The Labute approximate surface area is 146 Å². The van der Waals surface area contributed by atoms with Crippen LogP contribution in [0.5, 0.6) is 17.2 Å². The van der Waals surface area contributed by atoms with Crippen LogP contribution in [-0.2, 0) is 6.54 Å². The number of thiocarbonyl (C=S) groups is 1. The largest absolute Gasteiger partial charge is 0.497 e. The molecule has 0 saturated heterocycles. The van der Waals surface area contributed by atoms with Crippen LogP contribution < -0.4 is 24.8 Å². The SMILES string of the molecule is COc1ccc(CNC(=S)Nc2ccc3c(c2)OCCCO3)cc1. The van der Waals surface area contributed by atoms with Gasteiger partial charge in [0, 0.05) is 24.7 Å². The van der Waals surface area contributed by atoms with Crippen LogP contribution in [0.1, 0.15) is 12.0 Å². The zero-order chi connectivity index (χ0) is 16.8. The highest BCUT2D eigenvalue weighted by Crippen LogP contribution is 2.32. The number of nitrogens with one attached hydrogen (secondary N) is 2. The molecule has 0 atom stereocenters. The Morgan fingerprint density at radius 3 is 2.58 bits per heavy atom. The fourth-order valence-electron chi connectivity index (χ4n) is 2.34. The summed E-state index contributed by atoms with van der Waals surface area (Å²) in [4.78, 5) is 0. The lowest BCUT2D eigenvalue weighted by molar-refractivity contribution is 0.297. The highest BCUT2D eigenvalue weighted by Gasteiger charge is 2.11. The second kappa shape index (κ2) is 7.88. The van der Waals surface area contributed by atoms with E-state index < -0.39 is 0 Å². The normalized spacial score (nSPS) is 12.9. The molecule has 1 heterocycles. The third-order valence-electron chi connectivity index (χ3n) is 3.62. The summed E-state index contributed by atoms with van der Waals surface area (Å²) in [6.07, 6.45) is 0.888. The Morgan fingerprint density at radius 2 is 1.83 bits per heavy atom. The molecule has 0 aromatic heterocycles. The number of fused-ring (bicyclic) bond motifs is 1. The lowest BCUT2D eigenvalue weighted by atomic mass is 10.2. The van der Waals surface area contributed by atoms with E-state index in [9.17, 15) is 0 Å². The molecule has 0 spiro atoms. The van der Waals surface area contributed by atoms with E-state index in [1.54, 1.807) is 7.11 Å². The third kappa shape index (κ3) is 4.29. The summed E-state index contributed by atoms with van der Waals surface area (Å²) in [5.74, 6) is 2.36. The average molecular weight is 344 g/mol. The van der Waals surface area contributed by atoms with E-state index in [2.05, 4.69) is 10.6 Å². The predicted molar refractivity (Wildman–Crippen MR) is 98.1 cm³/mol. The van der Waals surface area contributed by atoms with Crippen molar-refractivity contribution in [2.75, 3.05) is 25.6 Å². The van der Waals surface area contributed by atoms with Crippen LogP contribution in [0, 0.1) is 0 Å². The number of benzene rings is 2. The van der Waals surface area contributed by atoms with Crippen molar-refractivity contribution < 1.29 is 14.2 Å². The van der Waals surface area contributed by atoms with Gasteiger partial charge in [0.1, 0.15) is 5.75 Å². The number of rotatable bonds is 4. The second-order valence-corrected chi connectivity index (χ2v) is 5.78. The molecule has 3 rings (SSSR count). The molecule has 126 valence electrons. The van der Waals surface area contributed by atoms with Crippen molar-refractivity contribution in [1.82, 2.24) is 5.32 Å². The summed E-state index contributed by atoms with van der Waals surface area (Å²) < 4.78 is 16.4. The van der Waals surface area contributed by atoms with E-state index >= 15 is 0 Å².